The highest BCUT2D eigenvalue weighted by Crippen LogP contribution is 2.30. The number of nitrogens with zero attached hydrogens (tertiary/aromatic N) is 2. The van der Waals surface area contributed by atoms with E-state index in [0.29, 0.717) is 5.56 Å². The van der Waals surface area contributed by atoms with E-state index in [2.05, 4.69) is 9.97 Å². The van der Waals surface area contributed by atoms with Gasteiger partial charge in [-0.2, -0.15) is 0 Å². The molecule has 1 aromatic carbocycles. The summed E-state index contributed by atoms with van der Waals surface area (Å²) >= 11 is 1.57. The van der Waals surface area contributed by atoms with Crippen molar-refractivity contribution in [3.63, 3.8) is 0 Å². The van der Waals surface area contributed by atoms with E-state index in [1.165, 1.54) is 0 Å². The van der Waals surface area contributed by atoms with Crippen LogP contribution in [0.15, 0.2) is 48.1 Å². The summed E-state index contributed by atoms with van der Waals surface area (Å²) in [4.78, 5) is 19.9. The zero-order valence-corrected chi connectivity index (χ0v) is 12.2. The molecule has 21 heavy (non-hydrogen) atoms. The van der Waals surface area contributed by atoms with Gasteiger partial charge in [-0.15, -0.1) is 11.3 Å². The van der Waals surface area contributed by atoms with Gasteiger partial charge in [-0.3, -0.25) is 9.78 Å². The van der Waals surface area contributed by atoms with Crippen LogP contribution in [0.2, 0.25) is 0 Å². The van der Waals surface area contributed by atoms with E-state index in [0.717, 1.165) is 27.4 Å². The Morgan fingerprint density at radius 1 is 1.19 bits per heavy atom. The van der Waals surface area contributed by atoms with Gasteiger partial charge in [0.05, 0.1) is 5.69 Å². The fourth-order valence-corrected chi connectivity index (χ4v) is 2.87. The lowest BCUT2D eigenvalue weighted by atomic mass is 10.1. The number of hydrogen-bond donors (Lipinski definition) is 1. The molecule has 0 bridgehead atoms. The first kappa shape index (κ1) is 13.5. The minimum atomic E-state index is -0.424. The third-order valence-corrected chi connectivity index (χ3v) is 4.13. The molecule has 2 heterocycles. The molecule has 4 nitrogen and oxygen atoms in total. The molecule has 0 saturated heterocycles. The molecular weight excluding hydrogens is 282 g/mol. The van der Waals surface area contributed by atoms with Crippen molar-refractivity contribution >= 4 is 17.2 Å². The van der Waals surface area contributed by atoms with E-state index < -0.39 is 5.91 Å². The van der Waals surface area contributed by atoms with Gasteiger partial charge in [-0.05, 0) is 30.7 Å². The van der Waals surface area contributed by atoms with Gasteiger partial charge in [0.2, 0.25) is 5.91 Å². The van der Waals surface area contributed by atoms with Gasteiger partial charge in [-0.25, -0.2) is 4.98 Å². The van der Waals surface area contributed by atoms with Crippen LogP contribution in [0.5, 0.6) is 0 Å². The Balaban J connectivity index is 1.95. The van der Waals surface area contributed by atoms with Crippen molar-refractivity contribution in [3.8, 4) is 21.8 Å². The Labute approximate surface area is 126 Å². The molecule has 2 aromatic heterocycles. The van der Waals surface area contributed by atoms with E-state index in [1.807, 2.05) is 36.7 Å². The Kier molecular flexibility index (Phi) is 3.50. The molecule has 3 aromatic rings. The van der Waals surface area contributed by atoms with Crippen molar-refractivity contribution in [1.29, 1.82) is 0 Å². The van der Waals surface area contributed by atoms with Gasteiger partial charge >= 0.3 is 0 Å². The van der Waals surface area contributed by atoms with Crippen LogP contribution in [0, 0.1) is 6.92 Å². The zero-order valence-electron chi connectivity index (χ0n) is 11.4. The quantitative estimate of drug-likeness (QED) is 0.806. The number of nitrogens with two attached hydrogens (primary N) is 1. The summed E-state index contributed by atoms with van der Waals surface area (Å²) in [7, 11) is 0. The highest BCUT2D eigenvalue weighted by molar-refractivity contribution is 7.13. The van der Waals surface area contributed by atoms with Crippen molar-refractivity contribution in [2.24, 2.45) is 5.73 Å². The highest BCUT2D eigenvalue weighted by atomic mass is 32.1. The molecule has 0 spiro atoms. The smallest absolute Gasteiger partial charge is 0.248 e. The van der Waals surface area contributed by atoms with Crippen molar-refractivity contribution in [2.45, 2.75) is 6.92 Å². The monoisotopic (exact) mass is 295 g/mol. The molecule has 0 aliphatic carbocycles. The summed E-state index contributed by atoms with van der Waals surface area (Å²) in [5.41, 5.74) is 9.81. The second-order valence-corrected chi connectivity index (χ2v) is 5.53. The number of carbonyl (C=O) groups excluding carboxylic acids is 1. The predicted octanol–water partition coefficient (Wildman–Crippen LogP) is 3.28. The summed E-state index contributed by atoms with van der Waals surface area (Å²) < 4.78 is 0. The Hall–Kier alpha value is -2.53. The van der Waals surface area contributed by atoms with Crippen LogP contribution >= 0.6 is 11.3 Å². The average Bonchev–Trinajstić information content (AvgIpc) is 2.97. The lowest BCUT2D eigenvalue weighted by Crippen LogP contribution is -2.10. The van der Waals surface area contributed by atoms with Crippen LogP contribution in [0.4, 0.5) is 0 Å². The van der Waals surface area contributed by atoms with Crippen LogP contribution in [0.25, 0.3) is 21.8 Å². The minimum Gasteiger partial charge on any atom is -0.366 e. The van der Waals surface area contributed by atoms with E-state index in [4.69, 9.17) is 5.73 Å². The van der Waals surface area contributed by atoms with E-state index >= 15 is 0 Å². The first-order valence-electron chi connectivity index (χ1n) is 6.42. The third kappa shape index (κ3) is 2.68. The SMILES string of the molecule is Cc1ccncc1-c1csc(-c2ccc(C(N)=O)cc2)n1. The maximum absolute atomic E-state index is 11.1. The highest BCUT2D eigenvalue weighted by Gasteiger charge is 2.09. The number of thiazole rings is 1. The number of pyridine rings is 1. The number of carbonyl (C=O) groups is 1. The largest absolute Gasteiger partial charge is 0.366 e. The molecule has 0 aliphatic heterocycles. The molecule has 0 radical (unpaired) electrons. The van der Waals surface area contributed by atoms with Crippen LogP contribution in [-0.4, -0.2) is 15.9 Å². The van der Waals surface area contributed by atoms with Gasteiger partial charge < -0.3 is 5.73 Å². The minimum absolute atomic E-state index is 0.424. The fraction of sp³-hybridized carbons (Fsp3) is 0.0625. The second kappa shape index (κ2) is 5.46. The van der Waals surface area contributed by atoms with Gasteiger partial charge in [0.25, 0.3) is 0 Å². The second-order valence-electron chi connectivity index (χ2n) is 4.67. The predicted molar refractivity (Wildman–Crippen MR) is 84.0 cm³/mol. The molecule has 3 rings (SSSR count). The molecule has 1 amide bonds. The van der Waals surface area contributed by atoms with E-state index in [-0.39, 0.29) is 0 Å². The maximum Gasteiger partial charge on any atom is 0.248 e. The van der Waals surface area contributed by atoms with Gasteiger partial charge in [0.1, 0.15) is 5.01 Å². The van der Waals surface area contributed by atoms with Gasteiger partial charge in [0, 0.05) is 34.5 Å². The first-order chi connectivity index (χ1) is 10.1. The molecule has 0 unspecified atom stereocenters. The molecule has 2 N–H and O–H groups in total. The number of benzene rings is 1. The fourth-order valence-electron chi connectivity index (χ4n) is 2.04. The van der Waals surface area contributed by atoms with Crippen LogP contribution in [0.3, 0.4) is 0 Å². The Morgan fingerprint density at radius 3 is 2.62 bits per heavy atom. The number of primary amides is 1. The van der Waals surface area contributed by atoms with Crippen molar-refractivity contribution < 1.29 is 4.79 Å². The van der Waals surface area contributed by atoms with Crippen molar-refractivity contribution in [3.05, 3.63) is 59.2 Å². The normalized spacial score (nSPS) is 10.5. The topological polar surface area (TPSA) is 68.9 Å². The van der Waals surface area contributed by atoms with E-state index in [1.54, 1.807) is 29.7 Å². The van der Waals surface area contributed by atoms with Crippen molar-refractivity contribution in [1.82, 2.24) is 9.97 Å². The summed E-state index contributed by atoms with van der Waals surface area (Å²) in [6.45, 7) is 2.04. The lowest BCUT2D eigenvalue weighted by Gasteiger charge is -2.00. The molecule has 104 valence electrons. The molecule has 0 saturated carbocycles. The average molecular weight is 295 g/mol. The standard InChI is InChI=1S/C16H13N3OS/c1-10-6-7-18-8-13(10)14-9-21-16(19-14)12-4-2-11(3-5-12)15(17)20/h2-9H,1H3,(H2,17,20). The molecule has 0 aliphatic rings. The third-order valence-electron chi connectivity index (χ3n) is 3.24. The summed E-state index contributed by atoms with van der Waals surface area (Å²) in [5.74, 6) is -0.424. The lowest BCUT2D eigenvalue weighted by molar-refractivity contribution is 0.100. The number of aromatic nitrogens is 2. The van der Waals surface area contributed by atoms with E-state index in [9.17, 15) is 4.79 Å². The Morgan fingerprint density at radius 2 is 1.95 bits per heavy atom. The van der Waals surface area contributed by atoms with Gasteiger partial charge in [-0.1, -0.05) is 12.1 Å². The summed E-state index contributed by atoms with van der Waals surface area (Å²) in [6, 6.07) is 9.12. The summed E-state index contributed by atoms with van der Waals surface area (Å²) in [6.07, 6.45) is 3.60. The molecule has 5 heteroatoms. The van der Waals surface area contributed by atoms with Gasteiger partial charge in [0.15, 0.2) is 0 Å². The number of hydrogen-bond acceptors (Lipinski definition) is 4. The van der Waals surface area contributed by atoms with Crippen LogP contribution < -0.4 is 5.73 Å². The molecule has 0 fully saturated rings. The van der Waals surface area contributed by atoms with Crippen LogP contribution in [0.1, 0.15) is 15.9 Å². The molecule has 0 atom stereocenters. The zero-order chi connectivity index (χ0) is 14.8. The van der Waals surface area contributed by atoms with Crippen LogP contribution in [-0.2, 0) is 0 Å². The Bertz CT molecular complexity index is 793. The number of aryl methyl sites for hydroxylation is 1. The van der Waals surface area contributed by atoms with Crippen molar-refractivity contribution in [2.75, 3.05) is 0 Å². The number of rotatable bonds is 3. The molecular formula is C16H13N3OS. The number of amides is 1. The maximum atomic E-state index is 11.1. The first-order valence-corrected chi connectivity index (χ1v) is 7.30. The summed E-state index contributed by atoms with van der Waals surface area (Å²) in [5, 5.41) is 2.92.